The van der Waals surface area contributed by atoms with Gasteiger partial charge in [-0.3, -0.25) is 4.40 Å². The maximum atomic E-state index is 5.91. The van der Waals surface area contributed by atoms with Crippen molar-refractivity contribution < 1.29 is 9.47 Å². The summed E-state index contributed by atoms with van der Waals surface area (Å²) >= 11 is 5.91. The zero-order valence-electron chi connectivity index (χ0n) is 9.04. The Balaban J connectivity index is 1.89. The van der Waals surface area contributed by atoms with Crippen LogP contribution in [0.15, 0.2) is 12.5 Å². The molecule has 1 saturated heterocycles. The minimum absolute atomic E-state index is 0.146. The van der Waals surface area contributed by atoms with Gasteiger partial charge in [-0.25, -0.2) is 4.98 Å². The molecule has 0 aromatic carbocycles. The van der Waals surface area contributed by atoms with Crippen molar-refractivity contribution in [3.8, 4) is 5.75 Å². The van der Waals surface area contributed by atoms with Gasteiger partial charge in [-0.05, 0) is 11.6 Å². The van der Waals surface area contributed by atoms with Gasteiger partial charge in [-0.2, -0.15) is 0 Å². The molecule has 1 fully saturated rings. The molecule has 0 saturated carbocycles. The summed E-state index contributed by atoms with van der Waals surface area (Å²) in [5.41, 5.74) is 0.594. The number of ether oxygens (including phenoxy) is 2. The van der Waals surface area contributed by atoms with Gasteiger partial charge in [0, 0.05) is 12.8 Å². The first-order chi connectivity index (χ1) is 8.34. The van der Waals surface area contributed by atoms with Crippen molar-refractivity contribution in [1.29, 1.82) is 0 Å². The van der Waals surface area contributed by atoms with Crippen molar-refractivity contribution in [3.63, 3.8) is 0 Å². The van der Waals surface area contributed by atoms with E-state index in [0.29, 0.717) is 16.7 Å². The van der Waals surface area contributed by atoms with E-state index in [1.165, 1.54) is 6.33 Å². The largest absolute Gasteiger partial charge is 0.485 e. The molecule has 0 spiro atoms. The molecule has 17 heavy (non-hydrogen) atoms. The molecule has 0 bridgehead atoms. The molecule has 1 aliphatic rings. The van der Waals surface area contributed by atoms with E-state index in [1.54, 1.807) is 10.6 Å². The van der Waals surface area contributed by atoms with Gasteiger partial charge < -0.3 is 9.47 Å². The van der Waals surface area contributed by atoms with Crippen LogP contribution in [-0.2, 0) is 4.74 Å². The van der Waals surface area contributed by atoms with E-state index >= 15 is 0 Å². The molecule has 0 atom stereocenters. The summed E-state index contributed by atoms with van der Waals surface area (Å²) in [5.74, 6) is 0.610. The van der Waals surface area contributed by atoms with Crippen LogP contribution < -0.4 is 4.74 Å². The Kier molecular flexibility index (Phi) is 2.82. The van der Waals surface area contributed by atoms with E-state index in [2.05, 4.69) is 15.2 Å². The second-order valence-corrected chi connectivity index (χ2v) is 4.18. The van der Waals surface area contributed by atoms with E-state index in [0.717, 1.165) is 26.1 Å². The van der Waals surface area contributed by atoms with Crippen LogP contribution in [0, 0.1) is 0 Å². The summed E-state index contributed by atoms with van der Waals surface area (Å²) in [4.78, 5) is 4.04. The molecule has 2 aromatic rings. The highest BCUT2D eigenvalue weighted by atomic mass is 35.5. The molecule has 0 amide bonds. The Labute approximate surface area is 103 Å². The van der Waals surface area contributed by atoms with Crippen molar-refractivity contribution >= 4 is 17.2 Å². The smallest absolute Gasteiger partial charge is 0.210 e. The lowest BCUT2D eigenvalue weighted by Crippen LogP contribution is -2.26. The molecule has 3 heterocycles. The number of halogens is 1. The third-order valence-electron chi connectivity index (χ3n) is 2.72. The summed E-state index contributed by atoms with van der Waals surface area (Å²) in [5, 5.41) is 8.10. The summed E-state index contributed by atoms with van der Waals surface area (Å²) in [7, 11) is 0. The Hall–Kier alpha value is -1.40. The summed E-state index contributed by atoms with van der Waals surface area (Å²) in [6, 6.07) is 0. The number of hydrogen-bond donors (Lipinski definition) is 0. The van der Waals surface area contributed by atoms with Crippen molar-refractivity contribution in [2.45, 2.75) is 18.9 Å². The summed E-state index contributed by atoms with van der Waals surface area (Å²) in [6.45, 7) is 1.46. The third-order valence-corrected chi connectivity index (χ3v) is 3.00. The number of rotatable bonds is 2. The topological polar surface area (TPSA) is 61.5 Å². The Morgan fingerprint density at radius 2 is 2.24 bits per heavy atom. The first-order valence-corrected chi connectivity index (χ1v) is 5.81. The highest BCUT2D eigenvalue weighted by molar-refractivity contribution is 6.28. The van der Waals surface area contributed by atoms with Gasteiger partial charge in [0.2, 0.25) is 10.9 Å². The van der Waals surface area contributed by atoms with Gasteiger partial charge in [-0.1, -0.05) is 0 Å². The third kappa shape index (κ3) is 2.05. The number of nitrogens with zero attached hydrogens (tertiary/aromatic N) is 4. The average molecular weight is 255 g/mol. The van der Waals surface area contributed by atoms with Gasteiger partial charge in [-0.15, -0.1) is 10.2 Å². The van der Waals surface area contributed by atoms with E-state index in [-0.39, 0.29) is 6.10 Å². The molecule has 0 radical (unpaired) electrons. The number of fused-ring (bicyclic) bond motifs is 1. The molecular weight excluding hydrogens is 244 g/mol. The van der Waals surface area contributed by atoms with E-state index < -0.39 is 0 Å². The van der Waals surface area contributed by atoms with Crippen LogP contribution in [0.1, 0.15) is 12.8 Å². The standard InChI is InChI=1S/C10H11ClN4O2/c11-10-12-5-8(9-14-13-6-15(9)10)17-7-1-3-16-4-2-7/h5-7H,1-4H2. The van der Waals surface area contributed by atoms with E-state index in [1.807, 2.05) is 0 Å². The first-order valence-electron chi connectivity index (χ1n) is 5.43. The predicted octanol–water partition coefficient (Wildman–Crippen LogP) is 1.34. The summed E-state index contributed by atoms with van der Waals surface area (Å²) in [6.07, 6.45) is 5.00. The molecular formula is C10H11ClN4O2. The second kappa shape index (κ2) is 4.46. The molecule has 2 aromatic heterocycles. The minimum atomic E-state index is 0.146. The summed E-state index contributed by atoms with van der Waals surface area (Å²) < 4.78 is 12.7. The van der Waals surface area contributed by atoms with Crippen LogP contribution in [0.25, 0.3) is 5.65 Å². The minimum Gasteiger partial charge on any atom is -0.485 e. The maximum absolute atomic E-state index is 5.91. The lowest BCUT2D eigenvalue weighted by Gasteiger charge is -2.23. The average Bonchev–Trinajstić information content (AvgIpc) is 2.84. The van der Waals surface area contributed by atoms with Crippen LogP contribution in [0.4, 0.5) is 0 Å². The SMILES string of the molecule is Clc1ncc(OC2CCOCC2)c2nncn12. The fraction of sp³-hybridized carbons (Fsp3) is 0.500. The van der Waals surface area contributed by atoms with E-state index in [4.69, 9.17) is 21.1 Å². The number of aromatic nitrogens is 4. The fourth-order valence-electron chi connectivity index (χ4n) is 1.83. The Morgan fingerprint density at radius 3 is 3.06 bits per heavy atom. The maximum Gasteiger partial charge on any atom is 0.210 e. The number of hydrogen-bond acceptors (Lipinski definition) is 5. The monoisotopic (exact) mass is 254 g/mol. The molecule has 7 heteroatoms. The van der Waals surface area contributed by atoms with Crippen LogP contribution in [-0.4, -0.2) is 38.9 Å². The van der Waals surface area contributed by atoms with Crippen molar-refractivity contribution in [2.24, 2.45) is 0 Å². The van der Waals surface area contributed by atoms with Gasteiger partial charge in [0.15, 0.2) is 5.75 Å². The van der Waals surface area contributed by atoms with Gasteiger partial charge in [0.25, 0.3) is 0 Å². The lowest BCUT2D eigenvalue weighted by molar-refractivity contribution is 0.0258. The van der Waals surface area contributed by atoms with Crippen molar-refractivity contribution in [2.75, 3.05) is 13.2 Å². The molecule has 0 N–H and O–H groups in total. The molecule has 6 nitrogen and oxygen atoms in total. The molecule has 0 aliphatic carbocycles. The predicted molar refractivity (Wildman–Crippen MR) is 60.3 cm³/mol. The molecule has 90 valence electrons. The van der Waals surface area contributed by atoms with Crippen molar-refractivity contribution in [3.05, 3.63) is 17.8 Å². The molecule has 0 unspecified atom stereocenters. The van der Waals surface area contributed by atoms with Crippen LogP contribution in [0.3, 0.4) is 0 Å². The zero-order valence-corrected chi connectivity index (χ0v) is 9.80. The zero-order chi connectivity index (χ0) is 11.7. The Morgan fingerprint density at radius 1 is 1.41 bits per heavy atom. The highest BCUT2D eigenvalue weighted by Gasteiger charge is 2.18. The second-order valence-electron chi connectivity index (χ2n) is 3.85. The molecule has 3 rings (SSSR count). The van der Waals surface area contributed by atoms with Crippen molar-refractivity contribution in [1.82, 2.24) is 19.6 Å². The normalized spacial score (nSPS) is 17.5. The first kappa shape index (κ1) is 10.7. The highest BCUT2D eigenvalue weighted by Crippen LogP contribution is 2.23. The van der Waals surface area contributed by atoms with Crippen LogP contribution in [0.2, 0.25) is 5.28 Å². The van der Waals surface area contributed by atoms with Gasteiger partial charge >= 0.3 is 0 Å². The molecule has 1 aliphatic heterocycles. The Bertz CT molecular complexity index is 524. The van der Waals surface area contributed by atoms with E-state index in [9.17, 15) is 0 Å². The van der Waals surface area contributed by atoms with Gasteiger partial charge in [0.05, 0.1) is 19.4 Å². The van der Waals surface area contributed by atoms with Crippen LogP contribution in [0.5, 0.6) is 5.75 Å². The lowest BCUT2D eigenvalue weighted by atomic mass is 10.1. The van der Waals surface area contributed by atoms with Gasteiger partial charge in [0.1, 0.15) is 12.4 Å². The van der Waals surface area contributed by atoms with Crippen LogP contribution >= 0.6 is 11.6 Å². The fourth-order valence-corrected chi connectivity index (χ4v) is 2.00. The quantitative estimate of drug-likeness (QED) is 0.757.